The van der Waals surface area contributed by atoms with E-state index in [2.05, 4.69) is 16.0 Å². The predicted molar refractivity (Wildman–Crippen MR) is 105 cm³/mol. The number of hydrogen-bond donors (Lipinski definition) is 2. The molecule has 0 radical (unpaired) electrons. The maximum absolute atomic E-state index is 12.5. The molecule has 2 rings (SSSR count). The fourth-order valence-electron chi connectivity index (χ4n) is 2.68. The van der Waals surface area contributed by atoms with E-state index in [0.29, 0.717) is 17.2 Å². The van der Waals surface area contributed by atoms with E-state index < -0.39 is 27.4 Å². The van der Waals surface area contributed by atoms with Gasteiger partial charge in [0.15, 0.2) is 15.5 Å². The first-order valence-electron chi connectivity index (χ1n) is 9.08. The molecule has 0 spiro atoms. The molecule has 0 fully saturated rings. The van der Waals surface area contributed by atoms with Gasteiger partial charge in [-0.25, -0.2) is 13.1 Å². The molecule has 0 saturated carbocycles. The Kier molecular flexibility index (Phi) is 7.27. The predicted octanol–water partition coefficient (Wildman–Crippen LogP) is 0.782. The van der Waals surface area contributed by atoms with Crippen LogP contribution < -0.4 is 16.4 Å². The molecule has 0 saturated heterocycles. The molecule has 0 bridgehead atoms. The molecular formula is C18H24N4O5S. The minimum absolute atomic E-state index is 0.0387. The van der Waals surface area contributed by atoms with Crippen LogP contribution in [0.4, 0.5) is 0 Å². The fraction of sp³-hybridized carbons (Fsp3) is 0.444. The Hall–Kier alpha value is -2.75. The lowest BCUT2D eigenvalue weighted by atomic mass is 10.1. The Morgan fingerprint density at radius 2 is 1.75 bits per heavy atom. The summed E-state index contributed by atoms with van der Waals surface area (Å²) in [6, 6.07) is 6.51. The zero-order valence-corrected chi connectivity index (χ0v) is 16.7. The highest BCUT2D eigenvalue weighted by atomic mass is 32.2. The van der Waals surface area contributed by atoms with Gasteiger partial charge in [-0.15, -0.1) is 0 Å². The highest BCUT2D eigenvalue weighted by molar-refractivity contribution is 7.92. The third kappa shape index (κ3) is 5.38. The van der Waals surface area contributed by atoms with Crippen LogP contribution in [0, 0.1) is 0 Å². The summed E-state index contributed by atoms with van der Waals surface area (Å²) in [5, 5.41) is 4.72. The van der Waals surface area contributed by atoms with Crippen molar-refractivity contribution >= 4 is 32.4 Å². The number of amides is 2. The van der Waals surface area contributed by atoms with E-state index in [4.69, 9.17) is 0 Å². The molecule has 0 unspecified atom stereocenters. The number of unbranched alkanes of at least 4 members (excludes halogenated alkanes) is 2. The largest absolute Gasteiger partial charge is 0.290 e. The van der Waals surface area contributed by atoms with Gasteiger partial charge in [0.2, 0.25) is 0 Å². The summed E-state index contributed by atoms with van der Waals surface area (Å²) >= 11 is 0. The molecular weight excluding hydrogens is 384 g/mol. The summed E-state index contributed by atoms with van der Waals surface area (Å²) in [5.74, 6) is -2.36. The number of fused-ring (bicyclic) bond motifs is 1. The van der Waals surface area contributed by atoms with Gasteiger partial charge in [-0.2, -0.15) is 5.10 Å². The third-order valence-electron chi connectivity index (χ3n) is 4.11. The lowest BCUT2D eigenvalue weighted by Crippen LogP contribution is -2.45. The summed E-state index contributed by atoms with van der Waals surface area (Å²) in [6.45, 7) is 3.94. The van der Waals surface area contributed by atoms with Crippen LogP contribution in [0.25, 0.3) is 10.8 Å². The summed E-state index contributed by atoms with van der Waals surface area (Å²) in [4.78, 5) is 36.7. The summed E-state index contributed by atoms with van der Waals surface area (Å²) in [7, 11) is -3.54. The quantitative estimate of drug-likeness (QED) is 0.491. The lowest BCUT2D eigenvalue weighted by Gasteiger charge is -2.11. The zero-order valence-electron chi connectivity index (χ0n) is 15.9. The van der Waals surface area contributed by atoms with Gasteiger partial charge < -0.3 is 0 Å². The molecule has 0 aliphatic rings. The topological polar surface area (TPSA) is 127 Å². The monoisotopic (exact) mass is 408 g/mol. The number of aryl methyl sites for hydroxylation is 1. The van der Waals surface area contributed by atoms with Crippen molar-refractivity contribution in [2.24, 2.45) is 0 Å². The van der Waals surface area contributed by atoms with E-state index in [9.17, 15) is 22.8 Å². The van der Waals surface area contributed by atoms with Crippen LogP contribution >= 0.6 is 0 Å². The first-order chi connectivity index (χ1) is 13.3. The van der Waals surface area contributed by atoms with Gasteiger partial charge >= 0.3 is 0 Å². The molecule has 10 heteroatoms. The van der Waals surface area contributed by atoms with E-state index in [1.165, 1.54) is 0 Å². The lowest BCUT2D eigenvalue weighted by molar-refractivity contribution is -0.119. The third-order valence-corrected chi connectivity index (χ3v) is 5.72. The Balaban J connectivity index is 2.10. The van der Waals surface area contributed by atoms with Crippen molar-refractivity contribution in [3.8, 4) is 0 Å². The van der Waals surface area contributed by atoms with Crippen molar-refractivity contribution in [2.45, 2.75) is 39.7 Å². The molecule has 0 atom stereocenters. The number of hydrazine groups is 1. The van der Waals surface area contributed by atoms with Gasteiger partial charge in [-0.1, -0.05) is 38.0 Å². The SMILES string of the molecule is CCCCCS(=O)(=O)CC(=O)NNC(=O)c1nn(CC)c(=O)c2ccccc12. The number of carbonyl (C=O) groups excluding carboxylic acids is 2. The van der Waals surface area contributed by atoms with Crippen LogP contribution in [-0.4, -0.2) is 41.5 Å². The second-order valence-electron chi connectivity index (χ2n) is 6.32. The van der Waals surface area contributed by atoms with Gasteiger partial charge in [-0.05, 0) is 19.4 Å². The van der Waals surface area contributed by atoms with Gasteiger partial charge in [0, 0.05) is 11.9 Å². The van der Waals surface area contributed by atoms with Crippen molar-refractivity contribution in [1.29, 1.82) is 0 Å². The average molecular weight is 408 g/mol. The number of nitrogens with one attached hydrogen (secondary N) is 2. The van der Waals surface area contributed by atoms with Crippen LogP contribution in [-0.2, 0) is 21.2 Å². The molecule has 0 aliphatic carbocycles. The van der Waals surface area contributed by atoms with Crippen molar-refractivity contribution in [3.05, 3.63) is 40.3 Å². The van der Waals surface area contributed by atoms with Crippen LogP contribution in [0.1, 0.15) is 43.6 Å². The molecule has 9 nitrogen and oxygen atoms in total. The highest BCUT2D eigenvalue weighted by Crippen LogP contribution is 2.13. The molecule has 0 aliphatic heterocycles. The summed E-state index contributed by atoms with van der Waals surface area (Å²) in [5.41, 5.74) is 3.91. The fourth-order valence-corrected chi connectivity index (χ4v) is 3.94. The minimum Gasteiger partial charge on any atom is -0.272 e. The Bertz CT molecular complexity index is 1030. The first-order valence-corrected chi connectivity index (χ1v) is 10.9. The van der Waals surface area contributed by atoms with Crippen molar-refractivity contribution in [2.75, 3.05) is 11.5 Å². The summed E-state index contributed by atoms with van der Waals surface area (Å²) in [6.07, 6.45) is 2.13. The molecule has 152 valence electrons. The van der Waals surface area contributed by atoms with Crippen LogP contribution in [0.3, 0.4) is 0 Å². The Morgan fingerprint density at radius 3 is 2.39 bits per heavy atom. The van der Waals surface area contributed by atoms with E-state index in [1.54, 1.807) is 31.2 Å². The number of rotatable bonds is 8. The second-order valence-corrected chi connectivity index (χ2v) is 8.50. The van der Waals surface area contributed by atoms with E-state index in [-0.39, 0.29) is 23.6 Å². The number of benzene rings is 1. The highest BCUT2D eigenvalue weighted by Gasteiger charge is 2.19. The van der Waals surface area contributed by atoms with E-state index in [1.807, 2.05) is 6.92 Å². The van der Waals surface area contributed by atoms with Gasteiger partial charge in [0.05, 0.1) is 11.1 Å². The Morgan fingerprint density at radius 1 is 1.07 bits per heavy atom. The number of hydrogen-bond acceptors (Lipinski definition) is 6. The molecule has 2 amide bonds. The maximum Gasteiger partial charge on any atom is 0.290 e. The number of aromatic nitrogens is 2. The van der Waals surface area contributed by atoms with Crippen molar-refractivity contribution < 1.29 is 18.0 Å². The van der Waals surface area contributed by atoms with Crippen molar-refractivity contribution in [3.63, 3.8) is 0 Å². The standard InChI is InChI=1S/C18H24N4O5S/c1-3-5-8-11-28(26,27)12-15(23)19-20-17(24)16-13-9-6-7-10-14(13)18(25)22(4-2)21-16/h6-7,9-10H,3-5,8,11-12H2,1-2H3,(H,19,23)(H,20,24). The molecule has 1 heterocycles. The number of carbonyl (C=O) groups is 2. The van der Waals surface area contributed by atoms with Crippen LogP contribution in [0.2, 0.25) is 0 Å². The summed E-state index contributed by atoms with van der Waals surface area (Å²) < 4.78 is 25.0. The van der Waals surface area contributed by atoms with Gasteiger partial charge in [0.25, 0.3) is 17.4 Å². The molecule has 2 N–H and O–H groups in total. The van der Waals surface area contributed by atoms with Crippen molar-refractivity contribution in [1.82, 2.24) is 20.6 Å². The Labute approximate surface area is 163 Å². The second kappa shape index (κ2) is 9.45. The van der Waals surface area contributed by atoms with E-state index in [0.717, 1.165) is 17.5 Å². The first kappa shape index (κ1) is 21.5. The molecule has 1 aromatic carbocycles. The number of nitrogens with zero attached hydrogens (tertiary/aromatic N) is 2. The zero-order chi connectivity index (χ0) is 20.7. The molecule has 2 aromatic rings. The number of sulfone groups is 1. The van der Waals surface area contributed by atoms with Crippen LogP contribution in [0.15, 0.2) is 29.1 Å². The van der Waals surface area contributed by atoms with E-state index >= 15 is 0 Å². The van der Waals surface area contributed by atoms with Gasteiger partial charge in [0.1, 0.15) is 5.75 Å². The molecule has 28 heavy (non-hydrogen) atoms. The maximum atomic E-state index is 12.5. The average Bonchev–Trinajstić information content (AvgIpc) is 2.66. The van der Waals surface area contributed by atoms with Crippen LogP contribution in [0.5, 0.6) is 0 Å². The minimum atomic E-state index is -3.54. The normalized spacial score (nSPS) is 11.4. The molecule has 1 aromatic heterocycles. The smallest absolute Gasteiger partial charge is 0.272 e. The van der Waals surface area contributed by atoms with Gasteiger partial charge in [-0.3, -0.25) is 25.2 Å².